The molecule has 2 atom stereocenters. The van der Waals surface area contributed by atoms with Crippen LogP contribution in [0.4, 0.5) is 0 Å². The Morgan fingerprint density at radius 2 is 2.15 bits per heavy atom. The van der Waals surface area contributed by atoms with Crippen LogP contribution in [0.1, 0.15) is 6.92 Å². The third-order valence-electron chi connectivity index (χ3n) is 1.99. The van der Waals surface area contributed by atoms with E-state index >= 15 is 0 Å². The van der Waals surface area contributed by atoms with E-state index in [4.69, 9.17) is 10.5 Å². The van der Waals surface area contributed by atoms with Crippen molar-refractivity contribution in [2.24, 2.45) is 11.7 Å². The molecule has 0 saturated carbocycles. The van der Waals surface area contributed by atoms with Crippen molar-refractivity contribution in [2.75, 3.05) is 18.1 Å². The fourth-order valence-corrected chi connectivity index (χ4v) is 3.25. The lowest BCUT2D eigenvalue weighted by Crippen LogP contribution is -2.35. The predicted octanol–water partition coefficient (Wildman–Crippen LogP) is -1.08. The van der Waals surface area contributed by atoms with Gasteiger partial charge in [-0.05, 0) is 6.92 Å². The van der Waals surface area contributed by atoms with Gasteiger partial charge in [-0.1, -0.05) is 0 Å². The van der Waals surface area contributed by atoms with Crippen molar-refractivity contribution in [1.29, 1.82) is 0 Å². The molecule has 6 heteroatoms. The van der Waals surface area contributed by atoms with Gasteiger partial charge in [0.05, 0.1) is 24.0 Å². The summed E-state index contributed by atoms with van der Waals surface area (Å²) in [5.74, 6) is -1.47. The number of carbonyl (C=O) groups is 1. The Morgan fingerprint density at radius 1 is 1.54 bits per heavy atom. The number of esters is 1. The van der Waals surface area contributed by atoms with Gasteiger partial charge in [-0.3, -0.25) is 4.79 Å². The molecule has 1 saturated heterocycles. The summed E-state index contributed by atoms with van der Waals surface area (Å²) >= 11 is 0. The number of carbonyl (C=O) groups excluding carboxylic acids is 1. The van der Waals surface area contributed by atoms with Crippen LogP contribution in [0.5, 0.6) is 0 Å². The highest BCUT2D eigenvalue weighted by Gasteiger charge is 2.40. The van der Waals surface area contributed by atoms with Crippen LogP contribution in [0.25, 0.3) is 0 Å². The highest BCUT2D eigenvalue weighted by Crippen LogP contribution is 2.18. The van der Waals surface area contributed by atoms with Gasteiger partial charge in [0.2, 0.25) is 0 Å². The summed E-state index contributed by atoms with van der Waals surface area (Å²) in [7, 11) is -3.13. The maximum absolute atomic E-state index is 11.2. The van der Waals surface area contributed by atoms with Gasteiger partial charge in [0.1, 0.15) is 0 Å². The lowest BCUT2D eigenvalue weighted by atomic mass is 10.1. The fourth-order valence-electron chi connectivity index (χ4n) is 1.37. The lowest BCUT2D eigenvalue weighted by molar-refractivity contribution is -0.147. The second kappa shape index (κ2) is 3.63. The van der Waals surface area contributed by atoms with Gasteiger partial charge in [0.25, 0.3) is 0 Å². The van der Waals surface area contributed by atoms with Crippen molar-refractivity contribution in [3.8, 4) is 0 Å². The molecular formula is C7H13NO4S. The molecule has 0 radical (unpaired) electrons. The highest BCUT2D eigenvalue weighted by atomic mass is 32.2. The average Bonchev–Trinajstić information content (AvgIpc) is 2.25. The topological polar surface area (TPSA) is 86.5 Å². The lowest BCUT2D eigenvalue weighted by Gasteiger charge is -2.10. The minimum Gasteiger partial charge on any atom is -0.466 e. The number of nitrogens with two attached hydrogens (primary N) is 1. The molecule has 0 aromatic rings. The van der Waals surface area contributed by atoms with Crippen LogP contribution in [-0.4, -0.2) is 38.5 Å². The fraction of sp³-hybridized carbons (Fsp3) is 0.857. The molecule has 0 aromatic heterocycles. The van der Waals surface area contributed by atoms with Crippen molar-refractivity contribution in [3.63, 3.8) is 0 Å². The van der Waals surface area contributed by atoms with Gasteiger partial charge in [0, 0.05) is 6.04 Å². The zero-order valence-electron chi connectivity index (χ0n) is 7.39. The highest BCUT2D eigenvalue weighted by molar-refractivity contribution is 7.91. The second-order valence-electron chi connectivity index (χ2n) is 3.10. The van der Waals surface area contributed by atoms with E-state index < -0.39 is 27.8 Å². The summed E-state index contributed by atoms with van der Waals surface area (Å²) in [6.45, 7) is 1.93. The number of hydrogen-bond donors (Lipinski definition) is 1. The number of ether oxygens (including phenoxy) is 1. The SMILES string of the molecule is CCOC(=O)[C@@H]1CS(=O)(=O)C[C@@H]1N. The Balaban J connectivity index is 2.68. The summed E-state index contributed by atoms with van der Waals surface area (Å²) in [4.78, 5) is 11.2. The van der Waals surface area contributed by atoms with Crippen molar-refractivity contribution < 1.29 is 17.9 Å². The first-order valence-corrected chi connectivity index (χ1v) is 5.91. The summed E-state index contributed by atoms with van der Waals surface area (Å²) in [5.41, 5.74) is 5.51. The van der Waals surface area contributed by atoms with Gasteiger partial charge < -0.3 is 10.5 Å². The van der Waals surface area contributed by atoms with Crippen LogP contribution in [0.2, 0.25) is 0 Å². The maximum Gasteiger partial charge on any atom is 0.311 e. The molecule has 0 bridgehead atoms. The van der Waals surface area contributed by atoms with Crippen molar-refractivity contribution in [2.45, 2.75) is 13.0 Å². The van der Waals surface area contributed by atoms with Gasteiger partial charge in [0.15, 0.2) is 9.84 Å². The van der Waals surface area contributed by atoms with E-state index in [2.05, 4.69) is 0 Å². The molecule has 1 aliphatic rings. The van der Waals surface area contributed by atoms with Crippen molar-refractivity contribution in [3.05, 3.63) is 0 Å². The number of rotatable bonds is 2. The van der Waals surface area contributed by atoms with Crippen LogP contribution in [0.15, 0.2) is 0 Å². The van der Waals surface area contributed by atoms with Crippen LogP contribution in [0, 0.1) is 5.92 Å². The molecule has 13 heavy (non-hydrogen) atoms. The van der Waals surface area contributed by atoms with Gasteiger partial charge in [-0.2, -0.15) is 0 Å². The molecule has 0 amide bonds. The third kappa shape index (κ3) is 2.41. The van der Waals surface area contributed by atoms with Crippen LogP contribution >= 0.6 is 0 Å². The first-order valence-electron chi connectivity index (χ1n) is 4.09. The second-order valence-corrected chi connectivity index (χ2v) is 5.25. The molecule has 5 nitrogen and oxygen atoms in total. The van der Waals surface area contributed by atoms with E-state index in [0.717, 1.165) is 0 Å². The summed E-state index contributed by atoms with van der Waals surface area (Å²) in [6.07, 6.45) is 0. The largest absolute Gasteiger partial charge is 0.466 e. The monoisotopic (exact) mass is 207 g/mol. The smallest absolute Gasteiger partial charge is 0.311 e. The Labute approximate surface area is 77.2 Å². The van der Waals surface area contributed by atoms with Crippen molar-refractivity contribution in [1.82, 2.24) is 0 Å². The standard InChI is InChI=1S/C7H13NO4S/c1-2-12-7(9)5-3-13(10,11)4-6(5)8/h5-6H,2-4,8H2,1H3/t5-,6+/m1/s1. The van der Waals surface area contributed by atoms with Gasteiger partial charge >= 0.3 is 5.97 Å². The Morgan fingerprint density at radius 3 is 2.54 bits per heavy atom. The Hall–Kier alpha value is -0.620. The molecule has 1 fully saturated rings. The van der Waals surface area contributed by atoms with E-state index in [1.807, 2.05) is 0 Å². The van der Waals surface area contributed by atoms with Crippen LogP contribution < -0.4 is 5.73 Å². The zero-order chi connectivity index (χ0) is 10.1. The van der Waals surface area contributed by atoms with Crippen LogP contribution in [0.3, 0.4) is 0 Å². The minimum absolute atomic E-state index is 0.115. The molecule has 76 valence electrons. The first kappa shape index (κ1) is 10.5. The van der Waals surface area contributed by atoms with E-state index in [9.17, 15) is 13.2 Å². The zero-order valence-corrected chi connectivity index (χ0v) is 8.21. The quantitative estimate of drug-likeness (QED) is 0.582. The van der Waals surface area contributed by atoms with Crippen molar-refractivity contribution >= 4 is 15.8 Å². The molecule has 0 spiro atoms. The first-order chi connectivity index (χ1) is 5.96. The molecule has 1 aliphatic heterocycles. The van der Waals surface area contributed by atoms with Gasteiger partial charge in [-0.25, -0.2) is 8.42 Å². The molecule has 1 heterocycles. The normalized spacial score (nSPS) is 31.5. The average molecular weight is 207 g/mol. The summed E-state index contributed by atoms with van der Waals surface area (Å²) in [5, 5.41) is 0. The molecule has 0 unspecified atom stereocenters. The van der Waals surface area contributed by atoms with Crippen LogP contribution in [-0.2, 0) is 19.4 Å². The molecule has 1 rings (SSSR count). The number of sulfone groups is 1. The van der Waals surface area contributed by atoms with E-state index in [1.54, 1.807) is 6.92 Å². The molecule has 0 aromatic carbocycles. The summed E-state index contributed by atoms with van der Waals surface area (Å²) < 4.78 is 26.9. The van der Waals surface area contributed by atoms with E-state index in [1.165, 1.54) is 0 Å². The van der Waals surface area contributed by atoms with E-state index in [-0.39, 0.29) is 18.1 Å². The Bertz CT molecular complexity index is 298. The summed E-state index contributed by atoms with van der Waals surface area (Å²) in [6, 6.07) is -0.607. The number of hydrogen-bond acceptors (Lipinski definition) is 5. The minimum atomic E-state index is -3.13. The molecule has 2 N–H and O–H groups in total. The maximum atomic E-state index is 11.2. The molecule has 0 aliphatic carbocycles. The predicted molar refractivity (Wildman–Crippen MR) is 46.8 cm³/mol. The Kier molecular flexibility index (Phi) is 2.92. The van der Waals surface area contributed by atoms with Gasteiger partial charge in [-0.15, -0.1) is 0 Å². The third-order valence-corrected chi connectivity index (χ3v) is 3.75. The van der Waals surface area contributed by atoms with E-state index in [0.29, 0.717) is 0 Å². The molecular weight excluding hydrogens is 194 g/mol.